The fourth-order valence-electron chi connectivity index (χ4n) is 2.42. The number of benzene rings is 1. The van der Waals surface area contributed by atoms with Gasteiger partial charge >= 0.3 is 0 Å². The molecule has 0 aliphatic rings. The number of hydrogen-bond acceptors (Lipinski definition) is 7. The van der Waals surface area contributed by atoms with E-state index in [9.17, 15) is 4.79 Å². The van der Waals surface area contributed by atoms with Gasteiger partial charge in [0.05, 0.1) is 23.5 Å². The third kappa shape index (κ3) is 4.51. The van der Waals surface area contributed by atoms with Gasteiger partial charge in [-0.3, -0.25) is 9.69 Å². The van der Waals surface area contributed by atoms with Crippen molar-refractivity contribution in [2.24, 2.45) is 0 Å². The van der Waals surface area contributed by atoms with Crippen LogP contribution in [-0.2, 0) is 0 Å². The minimum Gasteiger partial charge on any atom is -0.497 e. The van der Waals surface area contributed by atoms with Gasteiger partial charge in [-0.15, -0.1) is 12.4 Å². The molecule has 0 aliphatic heterocycles. The Morgan fingerprint density at radius 2 is 2.08 bits per heavy atom. The quantitative estimate of drug-likeness (QED) is 0.610. The predicted molar refractivity (Wildman–Crippen MR) is 105 cm³/mol. The summed E-state index contributed by atoms with van der Waals surface area (Å²) in [5, 5.41) is 4.27. The number of methoxy groups -OCH3 is 1. The minimum absolute atomic E-state index is 0. The number of ether oxygens (including phenoxy) is 1. The zero-order chi connectivity index (χ0) is 17.8. The van der Waals surface area contributed by atoms with Crippen LogP contribution in [0.1, 0.15) is 17.0 Å². The maximum absolute atomic E-state index is 12.8. The van der Waals surface area contributed by atoms with Gasteiger partial charge < -0.3 is 14.2 Å². The highest BCUT2D eigenvalue weighted by atomic mass is 35.5. The molecule has 1 aromatic carbocycles. The summed E-state index contributed by atoms with van der Waals surface area (Å²) in [6, 6.07) is 7.25. The molecule has 0 aliphatic carbocycles. The van der Waals surface area contributed by atoms with Crippen molar-refractivity contribution in [3.05, 3.63) is 36.2 Å². The molecule has 1 amide bonds. The van der Waals surface area contributed by atoms with E-state index in [0.717, 1.165) is 28.9 Å². The van der Waals surface area contributed by atoms with Crippen LogP contribution in [0.15, 0.2) is 35.0 Å². The summed E-state index contributed by atoms with van der Waals surface area (Å²) in [5.74, 6) is 0.743. The molecule has 0 spiro atoms. The molecule has 0 fully saturated rings. The summed E-state index contributed by atoms with van der Waals surface area (Å²) in [7, 11) is 5.64. The molecule has 3 rings (SSSR count). The Balaban J connectivity index is 0.00000243. The molecule has 0 radical (unpaired) electrons. The van der Waals surface area contributed by atoms with Crippen molar-refractivity contribution in [1.82, 2.24) is 15.0 Å². The van der Waals surface area contributed by atoms with Crippen LogP contribution < -0.4 is 9.64 Å². The van der Waals surface area contributed by atoms with Crippen molar-refractivity contribution in [2.45, 2.75) is 6.42 Å². The van der Waals surface area contributed by atoms with E-state index in [1.54, 1.807) is 18.1 Å². The van der Waals surface area contributed by atoms with Gasteiger partial charge in [0, 0.05) is 12.6 Å². The fourth-order valence-corrected chi connectivity index (χ4v) is 3.44. The van der Waals surface area contributed by atoms with Crippen molar-refractivity contribution in [3.8, 4) is 5.75 Å². The summed E-state index contributed by atoms with van der Waals surface area (Å²) >= 11 is 1.46. The standard InChI is InChI=1S/C17H20N4O3S.ClH/c1-20(2)9-4-10-21(16(22)14-7-8-18-24-14)17-19-13-6-5-12(23-3)11-15(13)25-17;/h5-8,11H,4,9-10H2,1-3H3;1H. The lowest BCUT2D eigenvalue weighted by molar-refractivity contribution is 0.0950. The Kier molecular flexibility index (Phi) is 6.96. The largest absolute Gasteiger partial charge is 0.497 e. The molecular weight excluding hydrogens is 376 g/mol. The third-order valence-corrected chi connectivity index (χ3v) is 4.74. The van der Waals surface area contributed by atoms with Crippen molar-refractivity contribution >= 4 is 45.0 Å². The Morgan fingerprint density at radius 3 is 2.73 bits per heavy atom. The second-order valence-corrected chi connectivity index (χ2v) is 6.83. The van der Waals surface area contributed by atoms with Gasteiger partial charge in [0.1, 0.15) is 5.75 Å². The highest BCUT2D eigenvalue weighted by Crippen LogP contribution is 2.32. The van der Waals surface area contributed by atoms with Gasteiger partial charge in [-0.2, -0.15) is 0 Å². The van der Waals surface area contributed by atoms with Gasteiger partial charge in [-0.25, -0.2) is 4.98 Å². The summed E-state index contributed by atoms with van der Waals surface area (Å²) in [4.78, 5) is 21.1. The number of aromatic nitrogens is 2. The predicted octanol–water partition coefficient (Wildman–Crippen LogP) is 3.31. The van der Waals surface area contributed by atoms with Gasteiger partial charge in [0.15, 0.2) is 5.13 Å². The van der Waals surface area contributed by atoms with E-state index in [2.05, 4.69) is 15.0 Å². The summed E-state index contributed by atoms with van der Waals surface area (Å²) in [5.41, 5.74) is 0.837. The van der Waals surface area contributed by atoms with Crippen LogP contribution in [0.5, 0.6) is 5.75 Å². The van der Waals surface area contributed by atoms with Crippen LogP contribution in [0.3, 0.4) is 0 Å². The molecule has 0 saturated carbocycles. The number of nitrogens with zero attached hydrogens (tertiary/aromatic N) is 4. The molecule has 0 saturated heterocycles. The number of amides is 1. The number of carbonyl (C=O) groups is 1. The van der Waals surface area contributed by atoms with E-state index < -0.39 is 0 Å². The molecule has 2 heterocycles. The van der Waals surface area contributed by atoms with Crippen LogP contribution in [0.2, 0.25) is 0 Å². The lowest BCUT2D eigenvalue weighted by Crippen LogP contribution is -2.33. The molecule has 9 heteroatoms. The monoisotopic (exact) mass is 396 g/mol. The first-order chi connectivity index (χ1) is 12.1. The van der Waals surface area contributed by atoms with Gasteiger partial charge in [-0.05, 0) is 45.3 Å². The van der Waals surface area contributed by atoms with Crippen LogP contribution in [-0.4, -0.2) is 55.2 Å². The third-order valence-electron chi connectivity index (χ3n) is 3.70. The zero-order valence-corrected chi connectivity index (χ0v) is 16.5. The SMILES string of the molecule is COc1ccc2nc(N(CCCN(C)C)C(=O)c3ccno3)sc2c1.Cl. The second-order valence-electron chi connectivity index (χ2n) is 5.82. The molecule has 0 unspecified atom stereocenters. The Bertz CT molecular complexity index is 851. The zero-order valence-electron chi connectivity index (χ0n) is 14.8. The van der Waals surface area contributed by atoms with E-state index in [1.165, 1.54) is 17.5 Å². The molecule has 140 valence electrons. The maximum atomic E-state index is 12.8. The number of carbonyl (C=O) groups excluding carboxylic acids is 1. The second kappa shape index (κ2) is 8.98. The average molecular weight is 397 g/mol. The van der Waals surface area contributed by atoms with E-state index >= 15 is 0 Å². The molecule has 0 atom stereocenters. The van der Waals surface area contributed by atoms with Gasteiger partial charge in [-0.1, -0.05) is 16.5 Å². The number of anilines is 1. The summed E-state index contributed by atoms with van der Waals surface area (Å²) in [6.45, 7) is 1.42. The fraction of sp³-hybridized carbons (Fsp3) is 0.353. The molecule has 7 nitrogen and oxygen atoms in total. The van der Waals surface area contributed by atoms with Crippen LogP contribution in [0.25, 0.3) is 10.2 Å². The number of fused-ring (bicyclic) bond motifs is 1. The first-order valence-corrected chi connectivity index (χ1v) is 8.72. The van der Waals surface area contributed by atoms with E-state index in [1.807, 2.05) is 32.3 Å². The van der Waals surface area contributed by atoms with Crippen molar-refractivity contribution in [1.29, 1.82) is 0 Å². The lowest BCUT2D eigenvalue weighted by Gasteiger charge is -2.19. The first kappa shape index (κ1) is 20.2. The van der Waals surface area contributed by atoms with E-state index in [4.69, 9.17) is 9.26 Å². The van der Waals surface area contributed by atoms with Gasteiger partial charge in [0.2, 0.25) is 5.76 Å². The number of halogens is 1. The highest BCUT2D eigenvalue weighted by Gasteiger charge is 2.23. The molecule has 0 N–H and O–H groups in total. The van der Waals surface area contributed by atoms with Crippen LogP contribution >= 0.6 is 23.7 Å². The topological polar surface area (TPSA) is 71.7 Å². The lowest BCUT2D eigenvalue weighted by atomic mass is 10.3. The normalized spacial score (nSPS) is 10.8. The van der Waals surface area contributed by atoms with E-state index in [-0.39, 0.29) is 24.1 Å². The Morgan fingerprint density at radius 1 is 1.27 bits per heavy atom. The number of rotatable bonds is 7. The highest BCUT2D eigenvalue weighted by molar-refractivity contribution is 7.22. The summed E-state index contributed by atoms with van der Waals surface area (Å²) < 4.78 is 11.3. The van der Waals surface area contributed by atoms with Crippen molar-refractivity contribution < 1.29 is 14.1 Å². The first-order valence-electron chi connectivity index (χ1n) is 7.90. The number of hydrogen-bond donors (Lipinski definition) is 0. The maximum Gasteiger partial charge on any atom is 0.298 e. The summed E-state index contributed by atoms with van der Waals surface area (Å²) in [6.07, 6.45) is 2.29. The van der Waals surface area contributed by atoms with Crippen molar-refractivity contribution in [2.75, 3.05) is 39.2 Å². The Hall–Kier alpha value is -2.16. The Labute approximate surface area is 161 Å². The molecular formula is C17H21ClN4O3S. The molecule has 3 aromatic rings. The van der Waals surface area contributed by atoms with Crippen molar-refractivity contribution in [3.63, 3.8) is 0 Å². The average Bonchev–Trinajstić information content (AvgIpc) is 3.26. The minimum atomic E-state index is -0.234. The van der Waals surface area contributed by atoms with Crippen LogP contribution in [0, 0.1) is 0 Å². The molecule has 2 aromatic heterocycles. The molecule has 26 heavy (non-hydrogen) atoms. The smallest absolute Gasteiger partial charge is 0.298 e. The van der Waals surface area contributed by atoms with Gasteiger partial charge in [0.25, 0.3) is 5.91 Å². The number of thiazole rings is 1. The molecule has 0 bridgehead atoms. The van der Waals surface area contributed by atoms with Crippen LogP contribution in [0.4, 0.5) is 5.13 Å². The van der Waals surface area contributed by atoms with E-state index in [0.29, 0.717) is 11.7 Å².